The van der Waals surface area contributed by atoms with Crippen molar-refractivity contribution in [2.24, 2.45) is 0 Å². The monoisotopic (exact) mass is 713 g/mol. The van der Waals surface area contributed by atoms with E-state index in [-0.39, 0.29) is 16.7 Å². The summed E-state index contributed by atoms with van der Waals surface area (Å²) < 4.78 is 4.34. The summed E-state index contributed by atoms with van der Waals surface area (Å²) in [6, 6.07) is 60.9. The minimum Gasteiger partial charge on any atom is -0.309 e. The van der Waals surface area contributed by atoms with Crippen LogP contribution in [0.15, 0.2) is 164 Å². The van der Waals surface area contributed by atoms with Gasteiger partial charge in [0.15, 0.2) is 5.82 Å². The Balaban J connectivity index is 1.28. The Hall–Kier alpha value is -8.31. The molecule has 7 aromatic carbocycles. The van der Waals surface area contributed by atoms with Crippen LogP contribution in [0.4, 0.5) is 0 Å². The summed E-state index contributed by atoms with van der Waals surface area (Å²) in [5.74, 6) is 0.430. The molecule has 0 aliphatic heterocycles. The van der Waals surface area contributed by atoms with Crippen LogP contribution in [0.3, 0.4) is 0 Å². The standard InChI is InChI=1S/C49H27N7/c50-28-34-26-33(46-40(30-52)45(31-14-4-1-5-15-31)53-49(54-46)32-16-6-2-7-17-32)27-35(29-51)47(34)56-42-23-13-11-21-39(42)44-43(56)25-24-38-37-20-10-12-22-41(37)55(48(38)44)36-18-8-3-9-19-36/h1-27H. The Morgan fingerprint density at radius 3 is 1.59 bits per heavy atom. The number of para-hydroxylation sites is 3. The molecule has 3 aromatic heterocycles. The van der Waals surface area contributed by atoms with Gasteiger partial charge in [0.05, 0.1) is 50.3 Å². The van der Waals surface area contributed by atoms with Crippen molar-refractivity contribution in [1.82, 2.24) is 19.1 Å². The number of benzene rings is 7. The van der Waals surface area contributed by atoms with Gasteiger partial charge in [0.25, 0.3) is 0 Å². The van der Waals surface area contributed by atoms with E-state index in [4.69, 9.17) is 9.97 Å². The Morgan fingerprint density at radius 2 is 0.964 bits per heavy atom. The van der Waals surface area contributed by atoms with Crippen LogP contribution >= 0.6 is 0 Å². The lowest BCUT2D eigenvalue weighted by Crippen LogP contribution is -2.05. The second-order valence-corrected chi connectivity index (χ2v) is 13.5. The number of hydrogen-bond donors (Lipinski definition) is 0. The van der Waals surface area contributed by atoms with Crippen LogP contribution in [0.1, 0.15) is 16.7 Å². The third-order valence-corrected chi connectivity index (χ3v) is 10.4. The van der Waals surface area contributed by atoms with Gasteiger partial charge in [-0.2, -0.15) is 15.8 Å². The molecule has 0 aliphatic rings. The molecular weight excluding hydrogens is 687 g/mol. The van der Waals surface area contributed by atoms with Gasteiger partial charge >= 0.3 is 0 Å². The van der Waals surface area contributed by atoms with Crippen LogP contribution in [0.5, 0.6) is 0 Å². The molecule has 7 nitrogen and oxygen atoms in total. The predicted molar refractivity (Wildman–Crippen MR) is 221 cm³/mol. The van der Waals surface area contributed by atoms with E-state index in [1.807, 2.05) is 102 Å². The van der Waals surface area contributed by atoms with Gasteiger partial charge in [-0.3, -0.25) is 0 Å². The average molecular weight is 714 g/mol. The highest BCUT2D eigenvalue weighted by atomic mass is 15.0. The molecule has 0 atom stereocenters. The van der Waals surface area contributed by atoms with Crippen LogP contribution in [0.25, 0.3) is 88.9 Å². The first-order chi connectivity index (χ1) is 27.7. The Morgan fingerprint density at radius 1 is 0.429 bits per heavy atom. The maximum Gasteiger partial charge on any atom is 0.160 e. The third kappa shape index (κ3) is 4.88. The molecule has 0 unspecified atom stereocenters. The second kappa shape index (κ2) is 13.0. The van der Waals surface area contributed by atoms with Crippen LogP contribution in [0, 0.1) is 34.0 Å². The van der Waals surface area contributed by atoms with E-state index in [9.17, 15) is 15.8 Å². The van der Waals surface area contributed by atoms with Gasteiger partial charge in [0.1, 0.15) is 23.8 Å². The number of fused-ring (bicyclic) bond motifs is 7. The average Bonchev–Trinajstić information content (AvgIpc) is 3.79. The molecule has 3 heterocycles. The van der Waals surface area contributed by atoms with Crippen molar-refractivity contribution < 1.29 is 0 Å². The SMILES string of the molecule is N#Cc1cc(-c2nc(-c3ccccc3)nc(-c3ccccc3)c2C#N)cc(C#N)c1-n1c2ccccc2c2c1ccc1c3ccccc3n(-c3ccccc3)c12. The molecule has 0 saturated heterocycles. The summed E-state index contributed by atoms with van der Waals surface area (Å²) in [4.78, 5) is 9.83. The van der Waals surface area contributed by atoms with E-state index >= 15 is 0 Å². The molecule has 10 aromatic rings. The Kier molecular flexibility index (Phi) is 7.49. The van der Waals surface area contributed by atoms with Gasteiger partial charge in [-0.1, -0.05) is 121 Å². The number of aromatic nitrogens is 4. The van der Waals surface area contributed by atoms with Crippen LogP contribution < -0.4 is 0 Å². The second-order valence-electron chi connectivity index (χ2n) is 13.5. The minimum absolute atomic E-state index is 0.254. The number of nitriles is 3. The molecule has 258 valence electrons. The van der Waals surface area contributed by atoms with E-state index in [2.05, 4.69) is 77.4 Å². The zero-order valence-corrected chi connectivity index (χ0v) is 29.7. The van der Waals surface area contributed by atoms with Gasteiger partial charge in [0.2, 0.25) is 0 Å². The molecule has 56 heavy (non-hydrogen) atoms. The first kappa shape index (κ1) is 32.3. The number of hydrogen-bond acceptors (Lipinski definition) is 5. The topological polar surface area (TPSA) is 107 Å². The highest BCUT2D eigenvalue weighted by molar-refractivity contribution is 6.26. The van der Waals surface area contributed by atoms with Gasteiger partial charge < -0.3 is 9.13 Å². The summed E-state index contributed by atoms with van der Waals surface area (Å²) in [5, 5.41) is 36.8. The lowest BCUT2D eigenvalue weighted by molar-refractivity contribution is 1.14. The third-order valence-electron chi connectivity index (χ3n) is 10.4. The summed E-state index contributed by atoms with van der Waals surface area (Å²) in [5.41, 5.74) is 8.96. The van der Waals surface area contributed by atoms with Crippen molar-refractivity contribution in [2.75, 3.05) is 0 Å². The first-order valence-electron chi connectivity index (χ1n) is 18.1. The molecule has 0 N–H and O–H groups in total. The van der Waals surface area contributed by atoms with Crippen molar-refractivity contribution in [3.63, 3.8) is 0 Å². The summed E-state index contributed by atoms with van der Waals surface area (Å²) in [7, 11) is 0. The normalized spacial score (nSPS) is 11.2. The van der Waals surface area contributed by atoms with E-state index in [0.717, 1.165) is 60.4 Å². The van der Waals surface area contributed by atoms with Crippen LogP contribution in [-0.2, 0) is 0 Å². The minimum atomic E-state index is 0.254. The molecule has 0 aliphatic carbocycles. The molecule has 0 bridgehead atoms. The molecule has 0 saturated carbocycles. The Bertz CT molecular complexity index is 3290. The van der Waals surface area contributed by atoms with E-state index in [0.29, 0.717) is 28.5 Å². The zero-order chi connectivity index (χ0) is 37.8. The van der Waals surface area contributed by atoms with Gasteiger partial charge in [-0.05, 0) is 42.5 Å². The van der Waals surface area contributed by atoms with Crippen molar-refractivity contribution >= 4 is 43.6 Å². The first-order valence-corrected chi connectivity index (χ1v) is 18.1. The summed E-state index contributed by atoms with van der Waals surface area (Å²) >= 11 is 0. The predicted octanol–water partition coefficient (Wildman–Crippen LogP) is 11.3. The quantitative estimate of drug-likeness (QED) is 0.176. The number of rotatable bonds is 5. The fourth-order valence-corrected chi connectivity index (χ4v) is 8.07. The maximum absolute atomic E-state index is 10.9. The van der Waals surface area contributed by atoms with Gasteiger partial charge in [0, 0.05) is 43.9 Å². The zero-order valence-electron chi connectivity index (χ0n) is 29.7. The molecule has 0 fully saturated rings. The van der Waals surface area contributed by atoms with E-state index < -0.39 is 0 Å². The van der Waals surface area contributed by atoms with Crippen molar-refractivity contribution in [2.45, 2.75) is 0 Å². The molecule has 7 heteroatoms. The van der Waals surface area contributed by atoms with Crippen molar-refractivity contribution in [3.8, 4) is 63.5 Å². The lowest BCUT2D eigenvalue weighted by Gasteiger charge is -2.16. The largest absolute Gasteiger partial charge is 0.309 e. The highest BCUT2D eigenvalue weighted by Crippen LogP contribution is 2.43. The van der Waals surface area contributed by atoms with Gasteiger partial charge in [-0.15, -0.1) is 0 Å². The molecular formula is C49H27N7. The van der Waals surface area contributed by atoms with E-state index in [1.54, 1.807) is 12.1 Å². The van der Waals surface area contributed by atoms with E-state index in [1.165, 1.54) is 0 Å². The smallest absolute Gasteiger partial charge is 0.160 e. The van der Waals surface area contributed by atoms with Crippen LogP contribution in [-0.4, -0.2) is 19.1 Å². The highest BCUT2D eigenvalue weighted by Gasteiger charge is 2.25. The molecule has 0 radical (unpaired) electrons. The number of nitrogens with zero attached hydrogens (tertiary/aromatic N) is 7. The summed E-state index contributed by atoms with van der Waals surface area (Å²) in [6.45, 7) is 0. The fourth-order valence-electron chi connectivity index (χ4n) is 8.07. The lowest BCUT2D eigenvalue weighted by atomic mass is 9.96. The molecule has 0 spiro atoms. The fraction of sp³-hybridized carbons (Fsp3) is 0. The van der Waals surface area contributed by atoms with Crippen molar-refractivity contribution in [1.29, 1.82) is 15.8 Å². The maximum atomic E-state index is 10.9. The Labute approximate surface area is 321 Å². The van der Waals surface area contributed by atoms with Gasteiger partial charge in [-0.25, -0.2) is 9.97 Å². The summed E-state index contributed by atoms with van der Waals surface area (Å²) in [6.07, 6.45) is 0. The molecule has 10 rings (SSSR count). The molecule has 0 amide bonds. The van der Waals surface area contributed by atoms with Crippen LogP contribution in [0.2, 0.25) is 0 Å². The van der Waals surface area contributed by atoms with Crippen molar-refractivity contribution in [3.05, 3.63) is 180 Å².